The van der Waals surface area contributed by atoms with E-state index in [1.807, 2.05) is 0 Å². The lowest BCUT2D eigenvalue weighted by Crippen LogP contribution is -2.32. The van der Waals surface area contributed by atoms with Crippen molar-refractivity contribution < 1.29 is 5.11 Å². The predicted molar refractivity (Wildman–Crippen MR) is 45.6 cm³/mol. The Bertz CT molecular complexity index is 108. The largest absolute Gasteiger partial charge is 0.396 e. The molecule has 0 spiro atoms. The van der Waals surface area contributed by atoms with Crippen molar-refractivity contribution in [1.82, 2.24) is 10.2 Å². The molecule has 1 rings (SSSR count). The summed E-state index contributed by atoms with van der Waals surface area (Å²) in [6.07, 6.45) is 2.13. The van der Waals surface area contributed by atoms with Crippen molar-refractivity contribution in [2.45, 2.75) is 18.9 Å². The molecule has 1 aliphatic rings. The van der Waals surface area contributed by atoms with E-state index in [4.69, 9.17) is 5.11 Å². The van der Waals surface area contributed by atoms with Gasteiger partial charge in [0.2, 0.25) is 0 Å². The molecule has 3 nitrogen and oxygen atoms in total. The number of aliphatic hydroxyl groups is 1. The molecule has 0 amide bonds. The molecule has 0 bridgehead atoms. The standard InChI is InChI=1S/C8H18N2O/c1-10-5-3-8(7-10)9-4-2-6-11/h8-9,11H,2-7H2,1H3. The van der Waals surface area contributed by atoms with Gasteiger partial charge in [0, 0.05) is 19.2 Å². The molecular weight excluding hydrogens is 140 g/mol. The summed E-state index contributed by atoms with van der Waals surface area (Å²) in [6.45, 7) is 3.62. The minimum absolute atomic E-state index is 0.301. The van der Waals surface area contributed by atoms with Crippen LogP contribution in [0.25, 0.3) is 0 Å². The van der Waals surface area contributed by atoms with E-state index in [1.54, 1.807) is 0 Å². The monoisotopic (exact) mass is 158 g/mol. The molecule has 1 aliphatic heterocycles. The van der Waals surface area contributed by atoms with Crippen LogP contribution in [0.15, 0.2) is 0 Å². The zero-order chi connectivity index (χ0) is 8.10. The fraction of sp³-hybridized carbons (Fsp3) is 1.00. The van der Waals surface area contributed by atoms with Crippen molar-refractivity contribution in [1.29, 1.82) is 0 Å². The van der Waals surface area contributed by atoms with Gasteiger partial charge in [-0.1, -0.05) is 0 Å². The van der Waals surface area contributed by atoms with Crippen LogP contribution in [-0.4, -0.2) is 49.3 Å². The smallest absolute Gasteiger partial charge is 0.0443 e. The highest BCUT2D eigenvalue weighted by molar-refractivity contribution is 4.78. The van der Waals surface area contributed by atoms with Gasteiger partial charge in [0.05, 0.1) is 0 Å². The maximum atomic E-state index is 8.54. The summed E-state index contributed by atoms with van der Waals surface area (Å²) in [5.41, 5.74) is 0. The maximum Gasteiger partial charge on any atom is 0.0443 e. The summed E-state index contributed by atoms with van der Waals surface area (Å²) in [5.74, 6) is 0. The zero-order valence-electron chi connectivity index (χ0n) is 7.21. The Hall–Kier alpha value is -0.120. The van der Waals surface area contributed by atoms with Gasteiger partial charge in [-0.15, -0.1) is 0 Å². The lowest BCUT2D eigenvalue weighted by Gasteiger charge is -2.11. The van der Waals surface area contributed by atoms with Crippen molar-refractivity contribution in [3.63, 3.8) is 0 Å². The van der Waals surface area contributed by atoms with E-state index in [2.05, 4.69) is 17.3 Å². The zero-order valence-corrected chi connectivity index (χ0v) is 7.21. The van der Waals surface area contributed by atoms with E-state index in [-0.39, 0.29) is 0 Å². The summed E-state index contributed by atoms with van der Waals surface area (Å²) in [4.78, 5) is 2.33. The van der Waals surface area contributed by atoms with E-state index < -0.39 is 0 Å². The van der Waals surface area contributed by atoms with Gasteiger partial charge in [-0.25, -0.2) is 0 Å². The Morgan fingerprint density at radius 2 is 2.45 bits per heavy atom. The van der Waals surface area contributed by atoms with Gasteiger partial charge in [0.15, 0.2) is 0 Å². The molecule has 1 saturated heterocycles. The van der Waals surface area contributed by atoms with Crippen LogP contribution in [0.2, 0.25) is 0 Å². The minimum Gasteiger partial charge on any atom is -0.396 e. The second-order valence-electron chi connectivity index (χ2n) is 3.28. The van der Waals surface area contributed by atoms with Gasteiger partial charge in [-0.3, -0.25) is 0 Å². The number of hydrogen-bond acceptors (Lipinski definition) is 3. The molecule has 11 heavy (non-hydrogen) atoms. The Morgan fingerprint density at radius 1 is 1.64 bits per heavy atom. The number of nitrogens with one attached hydrogen (secondary N) is 1. The van der Waals surface area contributed by atoms with Crippen molar-refractivity contribution in [3.05, 3.63) is 0 Å². The maximum absolute atomic E-state index is 8.54. The van der Waals surface area contributed by atoms with Crippen LogP contribution < -0.4 is 5.32 Å². The molecule has 66 valence electrons. The van der Waals surface area contributed by atoms with Crippen LogP contribution in [0.1, 0.15) is 12.8 Å². The minimum atomic E-state index is 0.301. The topological polar surface area (TPSA) is 35.5 Å². The fourth-order valence-corrected chi connectivity index (χ4v) is 1.49. The summed E-state index contributed by atoms with van der Waals surface area (Å²) >= 11 is 0. The highest BCUT2D eigenvalue weighted by Crippen LogP contribution is 2.05. The Morgan fingerprint density at radius 3 is 3.00 bits per heavy atom. The first-order valence-corrected chi connectivity index (χ1v) is 4.35. The Labute approximate surface area is 68.4 Å². The Kier molecular flexibility index (Phi) is 3.83. The lowest BCUT2D eigenvalue weighted by molar-refractivity contribution is 0.282. The van der Waals surface area contributed by atoms with Crippen molar-refractivity contribution in [3.8, 4) is 0 Å². The van der Waals surface area contributed by atoms with Crippen LogP contribution in [0.5, 0.6) is 0 Å². The molecule has 0 radical (unpaired) electrons. The lowest BCUT2D eigenvalue weighted by atomic mass is 10.2. The van der Waals surface area contributed by atoms with Gasteiger partial charge < -0.3 is 15.3 Å². The quantitative estimate of drug-likeness (QED) is 0.550. The highest BCUT2D eigenvalue weighted by Gasteiger charge is 2.17. The van der Waals surface area contributed by atoms with Gasteiger partial charge in [-0.2, -0.15) is 0 Å². The molecule has 0 aromatic rings. The number of nitrogens with zero attached hydrogens (tertiary/aromatic N) is 1. The third kappa shape index (κ3) is 3.18. The molecule has 1 atom stereocenters. The summed E-state index contributed by atoms with van der Waals surface area (Å²) in [7, 11) is 2.15. The Balaban J connectivity index is 1.99. The van der Waals surface area contributed by atoms with E-state index in [0.29, 0.717) is 12.6 Å². The SMILES string of the molecule is CN1CCC(NCCCO)C1. The average molecular weight is 158 g/mol. The summed E-state index contributed by atoms with van der Waals surface area (Å²) in [5, 5.41) is 12.0. The van der Waals surface area contributed by atoms with Crippen LogP contribution in [0.3, 0.4) is 0 Å². The number of hydrogen-bond donors (Lipinski definition) is 2. The highest BCUT2D eigenvalue weighted by atomic mass is 16.3. The molecule has 1 unspecified atom stereocenters. The average Bonchev–Trinajstić information content (AvgIpc) is 2.37. The first-order valence-electron chi connectivity index (χ1n) is 4.35. The van der Waals surface area contributed by atoms with Gasteiger partial charge in [0.1, 0.15) is 0 Å². The van der Waals surface area contributed by atoms with Crippen molar-refractivity contribution >= 4 is 0 Å². The normalized spacial score (nSPS) is 26.2. The number of rotatable bonds is 4. The molecular formula is C8H18N2O. The van der Waals surface area contributed by atoms with Crippen LogP contribution >= 0.6 is 0 Å². The molecule has 1 fully saturated rings. The molecule has 3 heteroatoms. The van der Waals surface area contributed by atoms with Gasteiger partial charge in [0.25, 0.3) is 0 Å². The molecule has 1 heterocycles. The van der Waals surface area contributed by atoms with E-state index in [1.165, 1.54) is 13.0 Å². The third-order valence-corrected chi connectivity index (χ3v) is 2.16. The van der Waals surface area contributed by atoms with Crippen LogP contribution in [0.4, 0.5) is 0 Å². The van der Waals surface area contributed by atoms with Crippen molar-refractivity contribution in [2.75, 3.05) is 33.3 Å². The second kappa shape index (κ2) is 4.70. The fourth-order valence-electron chi connectivity index (χ4n) is 1.49. The van der Waals surface area contributed by atoms with E-state index >= 15 is 0 Å². The van der Waals surface area contributed by atoms with Gasteiger partial charge >= 0.3 is 0 Å². The number of aliphatic hydroxyl groups excluding tert-OH is 1. The predicted octanol–water partition coefficient (Wildman–Crippen LogP) is -0.337. The molecule has 0 aliphatic carbocycles. The molecule has 0 aromatic heterocycles. The van der Waals surface area contributed by atoms with Crippen LogP contribution in [0, 0.1) is 0 Å². The van der Waals surface area contributed by atoms with E-state index in [9.17, 15) is 0 Å². The summed E-state index contributed by atoms with van der Waals surface area (Å²) < 4.78 is 0. The molecule has 0 aromatic carbocycles. The molecule has 2 N–H and O–H groups in total. The first-order chi connectivity index (χ1) is 5.33. The van der Waals surface area contributed by atoms with Crippen molar-refractivity contribution in [2.24, 2.45) is 0 Å². The summed E-state index contributed by atoms with van der Waals surface area (Å²) in [6, 6.07) is 0.659. The van der Waals surface area contributed by atoms with E-state index in [0.717, 1.165) is 19.5 Å². The third-order valence-electron chi connectivity index (χ3n) is 2.16. The second-order valence-corrected chi connectivity index (χ2v) is 3.28. The molecule has 0 saturated carbocycles. The number of likely N-dealkylation sites (tertiary alicyclic amines) is 1. The van der Waals surface area contributed by atoms with Crippen LogP contribution in [-0.2, 0) is 0 Å². The first kappa shape index (κ1) is 8.97. The number of likely N-dealkylation sites (N-methyl/N-ethyl adjacent to an activating group) is 1. The van der Waals surface area contributed by atoms with Gasteiger partial charge in [-0.05, 0) is 33.0 Å².